The second-order valence-corrected chi connectivity index (χ2v) is 7.73. The van der Waals surface area contributed by atoms with Gasteiger partial charge in [0.25, 0.3) is 0 Å². The molecule has 3 rings (SSSR count). The van der Waals surface area contributed by atoms with E-state index >= 15 is 0 Å². The van der Waals surface area contributed by atoms with Crippen LogP contribution in [0.5, 0.6) is 5.75 Å². The predicted molar refractivity (Wildman–Crippen MR) is 120 cm³/mol. The highest BCUT2D eigenvalue weighted by molar-refractivity contribution is 14.1. The number of ether oxygens (including phenoxy) is 1. The van der Waals surface area contributed by atoms with Gasteiger partial charge in [-0.25, -0.2) is 0 Å². The highest BCUT2D eigenvalue weighted by Crippen LogP contribution is 2.21. The Hall–Kier alpha value is -1.25. The first kappa shape index (κ1) is 22.0. The number of methoxy groups -OCH3 is 1. The molecule has 0 aliphatic heterocycles. The van der Waals surface area contributed by atoms with Gasteiger partial charge in [-0.15, -0.1) is 23.2 Å². The van der Waals surface area contributed by atoms with Crippen LogP contribution >= 0.6 is 45.8 Å². The Morgan fingerprint density at radius 3 is 2.00 bits per heavy atom. The van der Waals surface area contributed by atoms with Crippen molar-refractivity contribution in [3.8, 4) is 16.9 Å². The monoisotopic (exact) mass is 520 g/mol. The standard InChI is InChI=1S/C13H15ClN2O.C6H8ClIN2/c1-17-13-5-3-11(4-6-13)12-9-15-16(10-12)8-2-7-14;7-2-1-3-10-5-6(8)4-9-10/h3-6,9-10H,2,7-8H2,1H3;4-5H,1-3H2. The summed E-state index contributed by atoms with van der Waals surface area (Å²) in [6.45, 7) is 1.78. The Morgan fingerprint density at radius 2 is 1.48 bits per heavy atom. The lowest BCUT2D eigenvalue weighted by Gasteiger charge is -2.01. The van der Waals surface area contributed by atoms with Gasteiger partial charge in [0.15, 0.2) is 0 Å². The average molecular weight is 521 g/mol. The maximum atomic E-state index is 5.65. The molecule has 0 saturated heterocycles. The molecule has 0 atom stereocenters. The second kappa shape index (κ2) is 12.3. The molecule has 0 fully saturated rings. The van der Waals surface area contributed by atoms with Crippen LogP contribution in [0.3, 0.4) is 0 Å². The van der Waals surface area contributed by atoms with Crippen LogP contribution in [0.15, 0.2) is 49.1 Å². The van der Waals surface area contributed by atoms with Crippen molar-refractivity contribution in [3.63, 3.8) is 0 Å². The summed E-state index contributed by atoms with van der Waals surface area (Å²) in [4.78, 5) is 0. The molecule has 0 bridgehead atoms. The summed E-state index contributed by atoms with van der Waals surface area (Å²) in [5.74, 6) is 2.23. The fourth-order valence-electron chi connectivity index (χ4n) is 2.32. The predicted octanol–water partition coefficient (Wildman–Crippen LogP) is 5.30. The van der Waals surface area contributed by atoms with Gasteiger partial charge in [-0.05, 0) is 53.1 Å². The number of aromatic nitrogens is 4. The number of hydrogen-bond donors (Lipinski definition) is 0. The molecule has 0 amide bonds. The van der Waals surface area contributed by atoms with E-state index in [2.05, 4.69) is 32.8 Å². The fraction of sp³-hybridized carbons (Fsp3) is 0.368. The molecule has 0 unspecified atom stereocenters. The van der Waals surface area contributed by atoms with Crippen LogP contribution in [-0.2, 0) is 13.1 Å². The van der Waals surface area contributed by atoms with Crippen LogP contribution in [0.2, 0.25) is 0 Å². The van der Waals surface area contributed by atoms with Crippen molar-refractivity contribution >= 4 is 45.8 Å². The molecule has 0 radical (unpaired) electrons. The minimum absolute atomic E-state index is 0.664. The summed E-state index contributed by atoms with van der Waals surface area (Å²) in [5, 5.41) is 8.40. The van der Waals surface area contributed by atoms with Crippen molar-refractivity contribution in [2.24, 2.45) is 0 Å². The van der Waals surface area contributed by atoms with Crippen molar-refractivity contribution in [1.29, 1.82) is 0 Å². The third kappa shape index (κ3) is 7.71. The first-order valence-electron chi connectivity index (χ1n) is 8.63. The third-order valence-electron chi connectivity index (χ3n) is 3.70. The van der Waals surface area contributed by atoms with Crippen molar-refractivity contribution in [3.05, 3.63) is 52.6 Å². The van der Waals surface area contributed by atoms with Gasteiger partial charge >= 0.3 is 0 Å². The number of hydrogen-bond acceptors (Lipinski definition) is 3. The molecule has 0 spiro atoms. The Bertz CT molecular complexity index is 789. The first-order chi connectivity index (χ1) is 13.2. The molecule has 0 aliphatic rings. The number of aryl methyl sites for hydroxylation is 2. The molecule has 0 N–H and O–H groups in total. The fourth-order valence-corrected chi connectivity index (χ4v) is 3.01. The van der Waals surface area contributed by atoms with E-state index in [9.17, 15) is 0 Å². The lowest BCUT2D eigenvalue weighted by molar-refractivity contribution is 0.415. The zero-order valence-corrected chi connectivity index (χ0v) is 18.9. The first-order valence-corrected chi connectivity index (χ1v) is 10.8. The molecule has 146 valence electrons. The maximum Gasteiger partial charge on any atom is 0.118 e. The highest BCUT2D eigenvalue weighted by Gasteiger charge is 2.02. The van der Waals surface area contributed by atoms with E-state index in [1.165, 1.54) is 3.57 Å². The number of rotatable bonds is 8. The largest absolute Gasteiger partial charge is 0.497 e. The Morgan fingerprint density at radius 1 is 0.889 bits per heavy atom. The van der Waals surface area contributed by atoms with E-state index in [1.807, 2.05) is 58.4 Å². The lowest BCUT2D eigenvalue weighted by atomic mass is 10.1. The molecule has 27 heavy (non-hydrogen) atoms. The van der Waals surface area contributed by atoms with E-state index in [4.69, 9.17) is 27.9 Å². The molecule has 0 saturated carbocycles. The van der Waals surface area contributed by atoms with Gasteiger partial charge in [0.05, 0.1) is 23.1 Å². The zero-order chi connectivity index (χ0) is 19.5. The molecule has 2 aromatic heterocycles. The second-order valence-electron chi connectivity index (χ2n) is 5.73. The average Bonchev–Trinajstić information content (AvgIpc) is 3.34. The molecular weight excluding hydrogens is 498 g/mol. The van der Waals surface area contributed by atoms with E-state index < -0.39 is 0 Å². The van der Waals surface area contributed by atoms with Crippen LogP contribution in [0.4, 0.5) is 0 Å². The highest BCUT2D eigenvalue weighted by atomic mass is 127. The van der Waals surface area contributed by atoms with Gasteiger partial charge in [-0.3, -0.25) is 9.36 Å². The summed E-state index contributed by atoms with van der Waals surface area (Å²) >= 11 is 13.4. The Kier molecular flexibility index (Phi) is 10.0. The Labute approximate surface area is 183 Å². The van der Waals surface area contributed by atoms with Gasteiger partial charge in [0.2, 0.25) is 0 Å². The van der Waals surface area contributed by atoms with Gasteiger partial charge in [0.1, 0.15) is 5.75 Å². The van der Waals surface area contributed by atoms with E-state index in [0.717, 1.165) is 42.8 Å². The summed E-state index contributed by atoms with van der Waals surface area (Å²) in [7, 11) is 1.67. The minimum Gasteiger partial charge on any atom is -0.497 e. The Balaban J connectivity index is 0.000000223. The summed E-state index contributed by atoms with van der Waals surface area (Å²) in [5.41, 5.74) is 2.25. The maximum absolute atomic E-state index is 5.65. The van der Waals surface area contributed by atoms with Gasteiger partial charge < -0.3 is 4.74 Å². The van der Waals surface area contributed by atoms with E-state index in [0.29, 0.717) is 11.8 Å². The van der Waals surface area contributed by atoms with Gasteiger partial charge in [0, 0.05) is 42.8 Å². The molecule has 1 aromatic carbocycles. The number of benzene rings is 1. The normalized spacial score (nSPS) is 10.4. The topological polar surface area (TPSA) is 44.9 Å². The van der Waals surface area contributed by atoms with E-state index in [-0.39, 0.29) is 0 Å². The van der Waals surface area contributed by atoms with Crippen LogP contribution in [0, 0.1) is 3.57 Å². The number of nitrogens with zero attached hydrogens (tertiary/aromatic N) is 4. The van der Waals surface area contributed by atoms with Crippen LogP contribution in [0.25, 0.3) is 11.1 Å². The smallest absolute Gasteiger partial charge is 0.118 e. The number of alkyl halides is 2. The van der Waals surface area contributed by atoms with Crippen molar-refractivity contribution < 1.29 is 4.74 Å². The summed E-state index contributed by atoms with van der Waals surface area (Å²) < 4.78 is 10.1. The molecule has 5 nitrogen and oxygen atoms in total. The zero-order valence-electron chi connectivity index (χ0n) is 15.2. The van der Waals surface area contributed by atoms with Crippen LogP contribution in [0.1, 0.15) is 12.8 Å². The van der Waals surface area contributed by atoms with Gasteiger partial charge in [-0.1, -0.05) is 12.1 Å². The molecule has 0 aliphatic carbocycles. The van der Waals surface area contributed by atoms with Crippen LogP contribution < -0.4 is 4.74 Å². The quantitative estimate of drug-likeness (QED) is 0.299. The summed E-state index contributed by atoms with van der Waals surface area (Å²) in [6, 6.07) is 7.96. The lowest BCUT2D eigenvalue weighted by Crippen LogP contribution is -1.98. The molecule has 3 aromatic rings. The van der Waals surface area contributed by atoms with E-state index in [1.54, 1.807) is 7.11 Å². The van der Waals surface area contributed by atoms with Crippen LogP contribution in [-0.4, -0.2) is 38.4 Å². The van der Waals surface area contributed by atoms with Crippen molar-refractivity contribution in [2.45, 2.75) is 25.9 Å². The van der Waals surface area contributed by atoms with Crippen molar-refractivity contribution in [2.75, 3.05) is 18.9 Å². The van der Waals surface area contributed by atoms with Crippen molar-refractivity contribution in [1.82, 2.24) is 19.6 Å². The third-order valence-corrected chi connectivity index (χ3v) is 4.79. The SMILES string of the molecule is COc1ccc(-c2cnn(CCCCl)c2)cc1.ClCCCn1cc(I)cn1. The minimum atomic E-state index is 0.664. The van der Waals surface area contributed by atoms with Gasteiger partial charge in [-0.2, -0.15) is 10.2 Å². The molecular formula is C19H23Cl2IN4O. The molecule has 8 heteroatoms. The summed E-state index contributed by atoms with van der Waals surface area (Å²) in [6.07, 6.45) is 9.68. The number of halogens is 3. The molecule has 2 heterocycles.